The molecule has 2 amide bonds. The van der Waals surface area contributed by atoms with Crippen molar-refractivity contribution in [2.45, 2.75) is 20.3 Å². The molecule has 0 aliphatic carbocycles. The Balaban J connectivity index is 1.78. The van der Waals surface area contributed by atoms with Gasteiger partial charge in [0.05, 0.1) is 25.9 Å². The third kappa shape index (κ3) is 6.70. The van der Waals surface area contributed by atoms with E-state index < -0.39 is 0 Å². The standard InChI is InChI=1S/C22H29N3O3/c1-4-25(16-22(27)24-19-11-7-8-12-20(19)28-3)15-21(26)23-14-13-18-10-6-5-9-17(18)2/h5-12H,4,13-16H2,1-3H3,(H,23,26)(H,24,27). The maximum Gasteiger partial charge on any atom is 0.238 e. The summed E-state index contributed by atoms with van der Waals surface area (Å²) < 4.78 is 5.24. The number of benzene rings is 2. The number of likely N-dealkylation sites (N-methyl/N-ethyl adjacent to an activating group) is 1. The van der Waals surface area contributed by atoms with Crippen molar-refractivity contribution < 1.29 is 14.3 Å². The fourth-order valence-electron chi connectivity index (χ4n) is 2.91. The van der Waals surface area contributed by atoms with E-state index in [2.05, 4.69) is 29.7 Å². The highest BCUT2D eigenvalue weighted by Crippen LogP contribution is 2.22. The van der Waals surface area contributed by atoms with Crippen LogP contribution in [-0.2, 0) is 16.0 Å². The van der Waals surface area contributed by atoms with Crippen LogP contribution >= 0.6 is 0 Å². The molecule has 6 nitrogen and oxygen atoms in total. The summed E-state index contributed by atoms with van der Waals surface area (Å²) >= 11 is 0. The lowest BCUT2D eigenvalue weighted by Gasteiger charge is -2.20. The van der Waals surface area contributed by atoms with E-state index >= 15 is 0 Å². The number of hydrogen-bond donors (Lipinski definition) is 2. The summed E-state index contributed by atoms with van der Waals surface area (Å²) in [7, 11) is 1.56. The van der Waals surface area contributed by atoms with Crippen LogP contribution in [0.2, 0.25) is 0 Å². The predicted molar refractivity (Wildman–Crippen MR) is 112 cm³/mol. The van der Waals surface area contributed by atoms with Crippen LogP contribution in [-0.4, -0.2) is 50.0 Å². The lowest BCUT2D eigenvalue weighted by atomic mass is 10.1. The smallest absolute Gasteiger partial charge is 0.238 e. The molecule has 0 unspecified atom stereocenters. The van der Waals surface area contributed by atoms with Crippen molar-refractivity contribution in [2.75, 3.05) is 38.6 Å². The number of rotatable bonds is 10. The molecule has 6 heteroatoms. The Kier molecular flexibility index (Phi) is 8.49. The minimum Gasteiger partial charge on any atom is -0.495 e. The van der Waals surface area contributed by atoms with E-state index in [9.17, 15) is 9.59 Å². The molecular formula is C22H29N3O3. The molecule has 0 aliphatic heterocycles. The Morgan fingerprint density at radius 2 is 1.68 bits per heavy atom. The second-order valence-electron chi connectivity index (χ2n) is 6.58. The normalized spacial score (nSPS) is 10.6. The fraction of sp³-hybridized carbons (Fsp3) is 0.364. The lowest BCUT2D eigenvalue weighted by molar-refractivity contribution is -0.123. The zero-order valence-corrected chi connectivity index (χ0v) is 16.8. The summed E-state index contributed by atoms with van der Waals surface area (Å²) in [6, 6.07) is 15.4. The molecule has 2 rings (SSSR count). The zero-order valence-electron chi connectivity index (χ0n) is 16.8. The highest BCUT2D eigenvalue weighted by Gasteiger charge is 2.14. The fourth-order valence-corrected chi connectivity index (χ4v) is 2.91. The maximum absolute atomic E-state index is 12.3. The van der Waals surface area contributed by atoms with Crippen LogP contribution in [0.4, 0.5) is 5.69 Å². The summed E-state index contributed by atoms with van der Waals surface area (Å²) in [5, 5.41) is 5.77. The van der Waals surface area contributed by atoms with E-state index in [4.69, 9.17) is 4.74 Å². The number of nitrogens with zero attached hydrogens (tertiary/aromatic N) is 1. The van der Waals surface area contributed by atoms with Crippen molar-refractivity contribution in [2.24, 2.45) is 0 Å². The minimum absolute atomic E-state index is 0.0828. The second kappa shape index (κ2) is 11.1. The lowest BCUT2D eigenvalue weighted by Crippen LogP contribution is -2.41. The van der Waals surface area contributed by atoms with Gasteiger partial charge in [-0.05, 0) is 43.1 Å². The van der Waals surface area contributed by atoms with Crippen LogP contribution < -0.4 is 15.4 Å². The van der Waals surface area contributed by atoms with Gasteiger partial charge in [0.1, 0.15) is 5.75 Å². The van der Waals surface area contributed by atoms with Crippen LogP contribution in [0.25, 0.3) is 0 Å². The van der Waals surface area contributed by atoms with E-state index in [1.165, 1.54) is 11.1 Å². The van der Waals surface area contributed by atoms with Gasteiger partial charge < -0.3 is 15.4 Å². The van der Waals surface area contributed by atoms with Gasteiger partial charge in [-0.2, -0.15) is 0 Å². The minimum atomic E-state index is -0.181. The van der Waals surface area contributed by atoms with Gasteiger partial charge in [-0.15, -0.1) is 0 Å². The van der Waals surface area contributed by atoms with Crippen LogP contribution in [0.5, 0.6) is 5.75 Å². The third-order valence-electron chi connectivity index (χ3n) is 4.54. The molecule has 0 spiro atoms. The average Bonchev–Trinajstić information content (AvgIpc) is 2.69. The Morgan fingerprint density at radius 1 is 1.00 bits per heavy atom. The molecule has 0 heterocycles. The molecule has 0 aliphatic rings. The number of anilines is 1. The quantitative estimate of drug-likeness (QED) is 0.662. The highest BCUT2D eigenvalue weighted by molar-refractivity contribution is 5.94. The van der Waals surface area contributed by atoms with Crippen LogP contribution in [0.1, 0.15) is 18.1 Å². The maximum atomic E-state index is 12.3. The molecule has 0 radical (unpaired) electrons. The summed E-state index contributed by atoms with van der Waals surface area (Å²) in [6.45, 7) is 5.50. The number of para-hydroxylation sites is 2. The SMILES string of the molecule is CCN(CC(=O)NCCc1ccccc1C)CC(=O)Nc1ccccc1OC. The van der Waals surface area contributed by atoms with E-state index in [1.54, 1.807) is 24.1 Å². The van der Waals surface area contributed by atoms with E-state index in [-0.39, 0.29) is 24.9 Å². The van der Waals surface area contributed by atoms with Gasteiger partial charge in [0.15, 0.2) is 0 Å². The third-order valence-corrected chi connectivity index (χ3v) is 4.54. The number of amides is 2. The zero-order chi connectivity index (χ0) is 20.4. The number of nitrogens with one attached hydrogen (secondary N) is 2. The van der Waals surface area contributed by atoms with Gasteiger partial charge in [-0.1, -0.05) is 43.3 Å². The molecular weight excluding hydrogens is 354 g/mol. The largest absolute Gasteiger partial charge is 0.495 e. The molecule has 2 aromatic carbocycles. The first-order valence-corrected chi connectivity index (χ1v) is 9.50. The molecule has 2 aromatic rings. The van der Waals surface area contributed by atoms with Gasteiger partial charge in [0.25, 0.3) is 0 Å². The number of methoxy groups -OCH3 is 1. The topological polar surface area (TPSA) is 70.7 Å². The number of carbonyl (C=O) groups excluding carboxylic acids is 2. The second-order valence-corrected chi connectivity index (χ2v) is 6.58. The molecule has 2 N–H and O–H groups in total. The average molecular weight is 383 g/mol. The van der Waals surface area contributed by atoms with Crippen molar-refractivity contribution in [3.8, 4) is 5.75 Å². The Hall–Kier alpha value is -2.86. The van der Waals surface area contributed by atoms with Crippen molar-refractivity contribution in [3.05, 3.63) is 59.7 Å². The molecule has 0 saturated carbocycles. The Morgan fingerprint density at radius 3 is 2.39 bits per heavy atom. The number of hydrogen-bond acceptors (Lipinski definition) is 4. The molecule has 0 saturated heterocycles. The van der Waals surface area contributed by atoms with Crippen molar-refractivity contribution in [1.82, 2.24) is 10.2 Å². The van der Waals surface area contributed by atoms with Gasteiger partial charge in [-0.3, -0.25) is 14.5 Å². The first-order valence-electron chi connectivity index (χ1n) is 9.50. The Labute approximate surface area is 166 Å². The number of carbonyl (C=O) groups is 2. The number of aryl methyl sites for hydroxylation is 1. The monoisotopic (exact) mass is 383 g/mol. The first kappa shape index (κ1) is 21.4. The Bertz CT molecular complexity index is 792. The van der Waals surface area contributed by atoms with Gasteiger partial charge in [-0.25, -0.2) is 0 Å². The molecule has 150 valence electrons. The molecule has 0 aromatic heterocycles. The molecule has 0 fully saturated rings. The summed E-state index contributed by atoms with van der Waals surface area (Å²) in [6.07, 6.45) is 0.791. The van der Waals surface area contributed by atoms with Crippen LogP contribution in [0.15, 0.2) is 48.5 Å². The molecule has 0 bridgehead atoms. The van der Waals surface area contributed by atoms with Crippen molar-refractivity contribution in [1.29, 1.82) is 0 Å². The summed E-state index contributed by atoms with van der Waals surface area (Å²) in [5.41, 5.74) is 3.07. The van der Waals surface area contributed by atoms with Crippen LogP contribution in [0.3, 0.4) is 0 Å². The van der Waals surface area contributed by atoms with Crippen molar-refractivity contribution >= 4 is 17.5 Å². The van der Waals surface area contributed by atoms with E-state index in [1.807, 2.05) is 31.2 Å². The van der Waals surface area contributed by atoms with Crippen molar-refractivity contribution in [3.63, 3.8) is 0 Å². The van der Waals surface area contributed by atoms with Gasteiger partial charge in [0.2, 0.25) is 11.8 Å². The molecule has 0 atom stereocenters. The van der Waals surface area contributed by atoms with Gasteiger partial charge in [0, 0.05) is 6.54 Å². The van der Waals surface area contributed by atoms with Gasteiger partial charge >= 0.3 is 0 Å². The predicted octanol–water partition coefficient (Wildman–Crippen LogP) is 2.62. The first-order chi connectivity index (χ1) is 13.5. The summed E-state index contributed by atoms with van der Waals surface area (Å²) in [5.74, 6) is 0.340. The van der Waals surface area contributed by atoms with Crippen LogP contribution in [0, 0.1) is 6.92 Å². The molecule has 28 heavy (non-hydrogen) atoms. The number of ether oxygens (including phenoxy) is 1. The van der Waals surface area contributed by atoms with E-state index in [0.717, 1.165) is 6.42 Å². The highest BCUT2D eigenvalue weighted by atomic mass is 16.5. The summed E-state index contributed by atoms with van der Waals surface area (Å²) in [4.78, 5) is 26.4. The van der Waals surface area contributed by atoms with E-state index in [0.29, 0.717) is 24.5 Å².